The molecule has 1 aliphatic heterocycles. The molecule has 6 nitrogen and oxygen atoms in total. The molecular formula is C24H19FN2O4. The van der Waals surface area contributed by atoms with Gasteiger partial charge < -0.3 is 15.1 Å². The maximum absolute atomic E-state index is 13.7. The first-order valence-electron chi connectivity index (χ1n) is 9.59. The second kappa shape index (κ2) is 8.02. The van der Waals surface area contributed by atoms with E-state index in [1.54, 1.807) is 43.6 Å². The molecule has 2 N–H and O–H groups in total. The van der Waals surface area contributed by atoms with Gasteiger partial charge in [0.1, 0.15) is 17.3 Å². The molecule has 1 aliphatic rings. The standard InChI is InChI=1S/C24H19FN2O4/c1-14-10-17(7-8-19(14)25)22(29)20-21(16-5-2-6-18(28)11-16)27(24(31)23(20)30)13-15-4-3-9-26-12-15/h2-12,21,28-29H,13H2,1H3/b22-20-. The van der Waals surface area contributed by atoms with Crippen LogP contribution in [-0.2, 0) is 16.1 Å². The number of phenols is 1. The molecule has 2 heterocycles. The number of carbonyl (C=O) groups is 2. The van der Waals surface area contributed by atoms with E-state index in [2.05, 4.69) is 4.98 Å². The Morgan fingerprint density at radius 3 is 2.61 bits per heavy atom. The van der Waals surface area contributed by atoms with Crippen LogP contribution in [0, 0.1) is 12.7 Å². The number of likely N-dealkylation sites (tertiary alicyclic amines) is 1. The number of hydrogen-bond donors (Lipinski definition) is 2. The van der Waals surface area contributed by atoms with E-state index in [0.717, 1.165) is 0 Å². The molecule has 0 saturated carbocycles. The number of aromatic nitrogens is 1. The third-order valence-electron chi connectivity index (χ3n) is 5.23. The number of phenolic OH excluding ortho intramolecular Hbond substituents is 1. The predicted molar refractivity (Wildman–Crippen MR) is 111 cm³/mol. The van der Waals surface area contributed by atoms with Crippen molar-refractivity contribution in [2.24, 2.45) is 0 Å². The van der Waals surface area contributed by atoms with Crippen LogP contribution in [0.3, 0.4) is 0 Å². The maximum atomic E-state index is 13.7. The lowest BCUT2D eigenvalue weighted by atomic mass is 9.94. The van der Waals surface area contributed by atoms with E-state index >= 15 is 0 Å². The Bertz CT molecular complexity index is 1210. The van der Waals surface area contributed by atoms with Crippen molar-refractivity contribution in [1.82, 2.24) is 9.88 Å². The second-order valence-electron chi connectivity index (χ2n) is 7.35. The molecule has 1 saturated heterocycles. The monoisotopic (exact) mass is 418 g/mol. The van der Waals surface area contributed by atoms with Crippen LogP contribution in [0.5, 0.6) is 5.75 Å². The Morgan fingerprint density at radius 1 is 1.13 bits per heavy atom. The Hall–Kier alpha value is -4.00. The molecule has 1 fully saturated rings. The quantitative estimate of drug-likeness (QED) is 0.382. The fraction of sp³-hybridized carbons (Fsp3) is 0.125. The Labute approximate surface area is 177 Å². The zero-order valence-electron chi connectivity index (χ0n) is 16.6. The van der Waals surface area contributed by atoms with Crippen molar-refractivity contribution in [3.8, 4) is 5.75 Å². The SMILES string of the molecule is Cc1cc(/C(O)=C2/C(=O)C(=O)N(Cc3cccnc3)C2c2cccc(O)c2)ccc1F. The molecule has 4 rings (SSSR count). The van der Waals surface area contributed by atoms with Gasteiger partial charge in [-0.2, -0.15) is 0 Å². The van der Waals surface area contributed by atoms with Crippen molar-refractivity contribution >= 4 is 17.4 Å². The van der Waals surface area contributed by atoms with Gasteiger partial charge in [-0.15, -0.1) is 0 Å². The number of aryl methyl sites for hydroxylation is 1. The molecular weight excluding hydrogens is 399 g/mol. The number of aliphatic hydroxyl groups is 1. The molecule has 2 aromatic carbocycles. The largest absolute Gasteiger partial charge is 0.508 e. The van der Waals surface area contributed by atoms with Gasteiger partial charge >= 0.3 is 0 Å². The lowest BCUT2D eigenvalue weighted by Crippen LogP contribution is -2.29. The first-order valence-corrected chi connectivity index (χ1v) is 9.59. The molecule has 0 radical (unpaired) electrons. The van der Waals surface area contributed by atoms with Crippen LogP contribution in [0.4, 0.5) is 4.39 Å². The van der Waals surface area contributed by atoms with E-state index in [1.165, 1.54) is 35.2 Å². The number of ketones is 1. The summed E-state index contributed by atoms with van der Waals surface area (Å²) in [4.78, 5) is 31.3. The fourth-order valence-corrected chi connectivity index (χ4v) is 3.72. The Balaban J connectivity index is 1.88. The van der Waals surface area contributed by atoms with E-state index in [4.69, 9.17) is 0 Å². The van der Waals surface area contributed by atoms with Crippen molar-refractivity contribution < 1.29 is 24.2 Å². The van der Waals surface area contributed by atoms with Gasteiger partial charge in [0.15, 0.2) is 0 Å². The molecule has 0 bridgehead atoms. The van der Waals surface area contributed by atoms with Gasteiger partial charge in [-0.3, -0.25) is 14.6 Å². The number of hydrogen-bond acceptors (Lipinski definition) is 5. The molecule has 0 spiro atoms. The molecule has 156 valence electrons. The van der Waals surface area contributed by atoms with Gasteiger partial charge in [-0.1, -0.05) is 18.2 Å². The van der Waals surface area contributed by atoms with Crippen LogP contribution in [-0.4, -0.2) is 31.8 Å². The van der Waals surface area contributed by atoms with Gasteiger partial charge in [0.2, 0.25) is 0 Å². The summed E-state index contributed by atoms with van der Waals surface area (Å²) in [5, 5.41) is 21.0. The van der Waals surface area contributed by atoms with E-state index in [-0.39, 0.29) is 23.4 Å². The third kappa shape index (κ3) is 3.77. The number of pyridine rings is 1. The zero-order valence-corrected chi connectivity index (χ0v) is 16.6. The molecule has 1 atom stereocenters. The van der Waals surface area contributed by atoms with E-state index in [1.807, 2.05) is 0 Å². The summed E-state index contributed by atoms with van der Waals surface area (Å²) in [6.45, 7) is 1.62. The number of amides is 1. The van der Waals surface area contributed by atoms with Gasteiger partial charge in [0.25, 0.3) is 11.7 Å². The number of carbonyl (C=O) groups excluding carboxylic acids is 2. The maximum Gasteiger partial charge on any atom is 0.295 e. The van der Waals surface area contributed by atoms with Crippen LogP contribution in [0.1, 0.15) is 28.3 Å². The number of Topliss-reactive ketones (excluding diaryl/α,β-unsaturated/α-hetero) is 1. The Morgan fingerprint density at radius 2 is 1.94 bits per heavy atom. The summed E-state index contributed by atoms with van der Waals surface area (Å²) in [5.74, 6) is -2.52. The number of halogens is 1. The van der Waals surface area contributed by atoms with Crippen LogP contribution >= 0.6 is 0 Å². The average molecular weight is 418 g/mol. The summed E-state index contributed by atoms with van der Waals surface area (Å²) < 4.78 is 13.7. The predicted octanol–water partition coefficient (Wildman–Crippen LogP) is 3.86. The molecule has 7 heteroatoms. The molecule has 3 aromatic rings. The summed E-state index contributed by atoms with van der Waals surface area (Å²) in [6, 6.07) is 12.7. The van der Waals surface area contributed by atoms with Crippen LogP contribution in [0.15, 0.2) is 72.6 Å². The minimum absolute atomic E-state index is 0.0397. The average Bonchev–Trinajstić information content (AvgIpc) is 3.01. The topological polar surface area (TPSA) is 90.7 Å². The van der Waals surface area contributed by atoms with Crippen molar-refractivity contribution in [3.05, 3.63) is 101 Å². The van der Waals surface area contributed by atoms with Crippen molar-refractivity contribution in [2.75, 3.05) is 0 Å². The van der Waals surface area contributed by atoms with Crippen LogP contribution in [0.25, 0.3) is 5.76 Å². The summed E-state index contributed by atoms with van der Waals surface area (Å²) in [6.07, 6.45) is 3.18. The first kappa shape index (κ1) is 20.3. The molecule has 1 unspecified atom stereocenters. The van der Waals surface area contributed by atoms with E-state index in [9.17, 15) is 24.2 Å². The highest BCUT2D eigenvalue weighted by Crippen LogP contribution is 2.41. The minimum atomic E-state index is -0.933. The fourth-order valence-electron chi connectivity index (χ4n) is 3.72. The van der Waals surface area contributed by atoms with Crippen molar-refractivity contribution in [3.63, 3.8) is 0 Å². The Kier molecular flexibility index (Phi) is 5.25. The molecule has 0 aliphatic carbocycles. The number of aliphatic hydroxyl groups excluding tert-OH is 1. The smallest absolute Gasteiger partial charge is 0.295 e. The zero-order chi connectivity index (χ0) is 22.1. The summed E-state index contributed by atoms with van der Waals surface area (Å²) in [7, 11) is 0. The number of benzene rings is 2. The minimum Gasteiger partial charge on any atom is -0.508 e. The van der Waals surface area contributed by atoms with E-state index < -0.39 is 29.3 Å². The highest BCUT2D eigenvalue weighted by atomic mass is 19.1. The van der Waals surface area contributed by atoms with Gasteiger partial charge in [0.05, 0.1) is 11.6 Å². The lowest BCUT2D eigenvalue weighted by molar-refractivity contribution is -0.140. The normalized spacial score (nSPS) is 17.9. The third-order valence-corrected chi connectivity index (χ3v) is 5.23. The van der Waals surface area contributed by atoms with Gasteiger partial charge in [-0.25, -0.2) is 4.39 Å². The highest BCUT2D eigenvalue weighted by molar-refractivity contribution is 6.46. The van der Waals surface area contributed by atoms with Crippen molar-refractivity contribution in [1.29, 1.82) is 0 Å². The molecule has 1 amide bonds. The van der Waals surface area contributed by atoms with Crippen LogP contribution < -0.4 is 0 Å². The summed E-state index contributed by atoms with van der Waals surface area (Å²) >= 11 is 0. The molecule has 1 aromatic heterocycles. The second-order valence-corrected chi connectivity index (χ2v) is 7.35. The lowest BCUT2D eigenvalue weighted by Gasteiger charge is -2.25. The van der Waals surface area contributed by atoms with Crippen molar-refractivity contribution in [2.45, 2.75) is 19.5 Å². The number of rotatable bonds is 4. The van der Waals surface area contributed by atoms with E-state index in [0.29, 0.717) is 16.7 Å². The first-order chi connectivity index (χ1) is 14.9. The van der Waals surface area contributed by atoms with Gasteiger partial charge in [-0.05, 0) is 60.0 Å². The highest BCUT2D eigenvalue weighted by Gasteiger charge is 2.46. The van der Waals surface area contributed by atoms with Crippen LogP contribution in [0.2, 0.25) is 0 Å². The number of aromatic hydroxyl groups is 1. The molecule has 31 heavy (non-hydrogen) atoms. The van der Waals surface area contributed by atoms with Gasteiger partial charge in [0, 0.05) is 24.5 Å². The summed E-state index contributed by atoms with van der Waals surface area (Å²) in [5.41, 5.74) is 1.56. The number of nitrogens with zero attached hydrogens (tertiary/aromatic N) is 2.